The van der Waals surface area contributed by atoms with Crippen LogP contribution in [0.5, 0.6) is 0 Å². The molecule has 0 atom stereocenters. The first kappa shape index (κ1) is 26.5. The summed E-state index contributed by atoms with van der Waals surface area (Å²) in [4.78, 5) is 17.0. The third-order valence-electron chi connectivity index (χ3n) is 5.52. The van der Waals surface area contributed by atoms with Gasteiger partial charge in [0.2, 0.25) is 15.8 Å². The minimum absolute atomic E-state index is 0.0219. The standard InChI is InChI=1S/C22H31F2N5O3S2/c1-12(2)11-34(31,32)29-15-6-4-14(5-7-15)27-22-28-21(25)20(33-22)19(30)18-16(23)8-13(10-26-3)9-17(18)24/h8-9,12,14-15,26,29H,4-7,10-11,25H2,1-3H3,(H,27,28). The molecule has 0 unspecified atom stereocenters. The molecular weight excluding hydrogens is 484 g/mol. The largest absolute Gasteiger partial charge is 0.382 e. The van der Waals surface area contributed by atoms with Crippen LogP contribution in [0, 0.1) is 17.6 Å². The summed E-state index contributed by atoms with van der Waals surface area (Å²) in [6.07, 6.45) is 2.73. The van der Waals surface area contributed by atoms with Crippen molar-refractivity contribution in [2.75, 3.05) is 23.9 Å². The second-order valence-electron chi connectivity index (χ2n) is 9.01. The van der Waals surface area contributed by atoms with E-state index in [-0.39, 0.29) is 41.0 Å². The predicted molar refractivity (Wildman–Crippen MR) is 131 cm³/mol. The highest BCUT2D eigenvalue weighted by molar-refractivity contribution is 7.89. The van der Waals surface area contributed by atoms with Gasteiger partial charge in [0.15, 0.2) is 5.13 Å². The van der Waals surface area contributed by atoms with Crippen molar-refractivity contribution in [3.05, 3.63) is 39.8 Å². The lowest BCUT2D eigenvalue weighted by molar-refractivity contribution is 0.103. The van der Waals surface area contributed by atoms with Gasteiger partial charge in [-0.25, -0.2) is 26.9 Å². The van der Waals surface area contributed by atoms with Gasteiger partial charge in [-0.3, -0.25) is 4.79 Å². The SMILES string of the molecule is CNCc1cc(F)c(C(=O)c2sc(NC3CCC(NS(=O)(=O)CC(C)C)CC3)nc2N)c(F)c1. The first-order valence-electron chi connectivity index (χ1n) is 11.2. The van der Waals surface area contributed by atoms with E-state index in [1.165, 1.54) is 0 Å². The van der Waals surface area contributed by atoms with Gasteiger partial charge in [0, 0.05) is 18.6 Å². The van der Waals surface area contributed by atoms with Crippen molar-refractivity contribution >= 4 is 38.1 Å². The van der Waals surface area contributed by atoms with Crippen molar-refractivity contribution in [1.82, 2.24) is 15.0 Å². The summed E-state index contributed by atoms with van der Waals surface area (Å²) < 4.78 is 56.1. The molecule has 1 aliphatic carbocycles. The number of hydrogen-bond acceptors (Lipinski definition) is 8. The maximum atomic E-state index is 14.5. The van der Waals surface area contributed by atoms with E-state index in [4.69, 9.17) is 5.73 Å². The van der Waals surface area contributed by atoms with Crippen LogP contribution >= 0.6 is 11.3 Å². The highest BCUT2D eigenvalue weighted by Crippen LogP contribution is 2.31. The van der Waals surface area contributed by atoms with Crippen LogP contribution in [-0.4, -0.2) is 44.1 Å². The van der Waals surface area contributed by atoms with E-state index in [1.807, 2.05) is 13.8 Å². The van der Waals surface area contributed by atoms with Crippen LogP contribution in [-0.2, 0) is 16.6 Å². The lowest BCUT2D eigenvalue weighted by atomic mass is 9.92. The fourth-order valence-corrected chi connectivity index (χ4v) is 6.72. The number of carbonyl (C=O) groups is 1. The molecular formula is C22H31F2N5O3S2. The Morgan fingerprint density at radius 1 is 1.18 bits per heavy atom. The molecule has 1 heterocycles. The van der Waals surface area contributed by atoms with Gasteiger partial charge in [-0.1, -0.05) is 25.2 Å². The maximum absolute atomic E-state index is 14.5. The summed E-state index contributed by atoms with van der Waals surface area (Å²) in [6.45, 7) is 3.99. The van der Waals surface area contributed by atoms with Crippen LogP contribution in [0.4, 0.5) is 19.7 Å². The van der Waals surface area contributed by atoms with Gasteiger partial charge in [-0.15, -0.1) is 0 Å². The summed E-state index contributed by atoms with van der Waals surface area (Å²) in [7, 11) is -1.66. The lowest BCUT2D eigenvalue weighted by Gasteiger charge is -2.29. The molecule has 1 aliphatic rings. The van der Waals surface area contributed by atoms with Crippen molar-refractivity contribution in [2.24, 2.45) is 5.92 Å². The first-order chi connectivity index (χ1) is 16.0. The second kappa shape index (κ2) is 11.1. The smallest absolute Gasteiger partial charge is 0.212 e. The van der Waals surface area contributed by atoms with Gasteiger partial charge in [0.05, 0.1) is 11.3 Å². The molecule has 1 aromatic carbocycles. The number of benzene rings is 1. The number of thiazole rings is 1. The van der Waals surface area contributed by atoms with Crippen molar-refractivity contribution in [3.8, 4) is 0 Å². The molecule has 5 N–H and O–H groups in total. The van der Waals surface area contributed by atoms with Gasteiger partial charge in [0.1, 0.15) is 22.3 Å². The number of nitrogens with zero attached hydrogens (tertiary/aromatic N) is 1. The number of nitrogen functional groups attached to an aromatic ring is 1. The quantitative estimate of drug-likeness (QED) is 0.358. The van der Waals surface area contributed by atoms with Crippen LogP contribution in [0.2, 0.25) is 0 Å². The summed E-state index contributed by atoms with van der Waals surface area (Å²) in [5.74, 6) is -2.69. The third-order valence-corrected chi connectivity index (χ3v) is 8.32. The van der Waals surface area contributed by atoms with Crippen LogP contribution in [0.15, 0.2) is 12.1 Å². The summed E-state index contributed by atoms with van der Waals surface area (Å²) in [6, 6.07) is 2.15. The van der Waals surface area contributed by atoms with E-state index in [0.717, 1.165) is 23.5 Å². The Bertz CT molecular complexity index is 1110. The minimum atomic E-state index is -3.31. The van der Waals surface area contributed by atoms with E-state index in [2.05, 4.69) is 20.3 Å². The number of hydrogen-bond donors (Lipinski definition) is 4. The predicted octanol–water partition coefficient (Wildman–Crippen LogP) is 3.25. The number of anilines is 2. The van der Waals surface area contributed by atoms with E-state index < -0.39 is 33.0 Å². The fourth-order valence-electron chi connectivity index (χ4n) is 4.09. The van der Waals surface area contributed by atoms with Gasteiger partial charge in [-0.05, 0) is 56.3 Å². The molecule has 0 aliphatic heterocycles. The molecule has 0 bridgehead atoms. The molecule has 12 heteroatoms. The monoisotopic (exact) mass is 515 g/mol. The highest BCUT2D eigenvalue weighted by Gasteiger charge is 2.28. The molecule has 2 aromatic rings. The molecule has 188 valence electrons. The molecule has 3 rings (SSSR count). The van der Waals surface area contributed by atoms with E-state index >= 15 is 0 Å². The number of nitrogens with one attached hydrogen (secondary N) is 3. The van der Waals surface area contributed by atoms with E-state index in [1.54, 1.807) is 7.05 Å². The molecule has 1 fully saturated rings. The Balaban J connectivity index is 1.64. The zero-order valence-electron chi connectivity index (χ0n) is 19.5. The summed E-state index contributed by atoms with van der Waals surface area (Å²) in [5, 5.41) is 6.41. The Morgan fingerprint density at radius 2 is 1.76 bits per heavy atom. The van der Waals surface area contributed by atoms with Crippen molar-refractivity contribution in [3.63, 3.8) is 0 Å². The van der Waals surface area contributed by atoms with Gasteiger partial charge >= 0.3 is 0 Å². The normalized spacial score (nSPS) is 18.9. The van der Waals surface area contributed by atoms with Gasteiger partial charge in [-0.2, -0.15) is 0 Å². The Kier molecular flexibility index (Phi) is 8.61. The van der Waals surface area contributed by atoms with Crippen LogP contribution < -0.4 is 21.1 Å². The first-order valence-corrected chi connectivity index (χ1v) is 13.7. The molecule has 8 nitrogen and oxygen atoms in total. The average molecular weight is 516 g/mol. The summed E-state index contributed by atoms with van der Waals surface area (Å²) in [5.41, 5.74) is 5.63. The number of nitrogens with two attached hydrogens (primary N) is 1. The average Bonchev–Trinajstić information content (AvgIpc) is 3.08. The Morgan fingerprint density at radius 3 is 2.32 bits per heavy atom. The highest BCUT2D eigenvalue weighted by atomic mass is 32.2. The van der Waals surface area contributed by atoms with Crippen LogP contribution in [0.1, 0.15) is 60.3 Å². The zero-order chi connectivity index (χ0) is 25.0. The van der Waals surface area contributed by atoms with Crippen molar-refractivity contribution in [1.29, 1.82) is 0 Å². The van der Waals surface area contributed by atoms with Gasteiger partial charge in [0.25, 0.3) is 0 Å². The lowest BCUT2D eigenvalue weighted by Crippen LogP contribution is -2.41. The number of sulfonamides is 1. The number of aromatic nitrogens is 1. The van der Waals surface area contributed by atoms with Gasteiger partial charge < -0.3 is 16.4 Å². The zero-order valence-corrected chi connectivity index (χ0v) is 21.1. The molecule has 1 saturated carbocycles. The Labute approximate surface area is 202 Å². The second-order valence-corrected chi connectivity index (χ2v) is 11.8. The van der Waals surface area contributed by atoms with E-state index in [0.29, 0.717) is 36.4 Å². The van der Waals surface area contributed by atoms with Crippen LogP contribution in [0.25, 0.3) is 0 Å². The molecule has 0 spiro atoms. The number of rotatable bonds is 10. The molecule has 1 aromatic heterocycles. The fraction of sp³-hybridized carbons (Fsp3) is 0.545. The minimum Gasteiger partial charge on any atom is -0.382 e. The molecule has 0 radical (unpaired) electrons. The van der Waals surface area contributed by atoms with Crippen molar-refractivity contribution < 1.29 is 22.0 Å². The Hall–Kier alpha value is -2.15. The number of halogens is 2. The summed E-state index contributed by atoms with van der Waals surface area (Å²) >= 11 is 0.952. The molecule has 34 heavy (non-hydrogen) atoms. The van der Waals surface area contributed by atoms with Crippen LogP contribution in [0.3, 0.4) is 0 Å². The third kappa shape index (κ3) is 6.71. The number of carbonyl (C=O) groups excluding carboxylic acids is 1. The maximum Gasteiger partial charge on any atom is 0.212 e. The molecule has 0 amide bonds. The number of ketones is 1. The topological polar surface area (TPSA) is 126 Å². The van der Waals surface area contributed by atoms with Crippen molar-refractivity contribution in [2.45, 2.75) is 58.2 Å². The van der Waals surface area contributed by atoms with E-state index in [9.17, 15) is 22.0 Å². The molecule has 0 saturated heterocycles.